The fourth-order valence-corrected chi connectivity index (χ4v) is 5.35. The zero-order valence-corrected chi connectivity index (χ0v) is 20.4. The van der Waals surface area contributed by atoms with E-state index in [1.54, 1.807) is 42.5 Å². The lowest BCUT2D eigenvalue weighted by molar-refractivity contribution is -0.133. The van der Waals surface area contributed by atoms with Crippen LogP contribution in [-0.4, -0.2) is 20.2 Å². The summed E-state index contributed by atoms with van der Waals surface area (Å²) in [6.45, 7) is 0.571. The van der Waals surface area contributed by atoms with Crippen molar-refractivity contribution in [1.29, 1.82) is 0 Å². The molecule has 0 radical (unpaired) electrons. The average Bonchev–Trinajstić information content (AvgIpc) is 3.37. The summed E-state index contributed by atoms with van der Waals surface area (Å²) in [4.78, 5) is 25.7. The van der Waals surface area contributed by atoms with E-state index in [2.05, 4.69) is 10.6 Å². The van der Waals surface area contributed by atoms with Crippen LogP contribution in [0.3, 0.4) is 0 Å². The zero-order chi connectivity index (χ0) is 25.7. The number of halogens is 1. The Labute approximate surface area is 210 Å². The van der Waals surface area contributed by atoms with E-state index in [-0.39, 0.29) is 35.6 Å². The summed E-state index contributed by atoms with van der Waals surface area (Å²) in [5.41, 5.74) is 2.84. The third kappa shape index (κ3) is 6.16. The van der Waals surface area contributed by atoms with Crippen molar-refractivity contribution in [2.24, 2.45) is 17.0 Å². The van der Waals surface area contributed by atoms with Gasteiger partial charge in [-0.1, -0.05) is 61.0 Å². The minimum atomic E-state index is -3.86. The van der Waals surface area contributed by atoms with Gasteiger partial charge in [0.2, 0.25) is 21.8 Å². The third-order valence-electron chi connectivity index (χ3n) is 6.49. The Morgan fingerprint density at radius 1 is 0.806 bits per heavy atom. The van der Waals surface area contributed by atoms with Crippen LogP contribution in [0.1, 0.15) is 30.4 Å². The maximum Gasteiger partial charge on any atom is 0.238 e. The number of rotatable bonds is 8. The zero-order valence-electron chi connectivity index (χ0n) is 19.6. The molecular formula is C27H28FN3O4S. The van der Waals surface area contributed by atoms with Gasteiger partial charge in [-0.15, -0.1) is 0 Å². The van der Waals surface area contributed by atoms with Crippen molar-refractivity contribution in [2.45, 2.75) is 37.2 Å². The van der Waals surface area contributed by atoms with Crippen LogP contribution in [0.5, 0.6) is 0 Å². The van der Waals surface area contributed by atoms with Crippen LogP contribution >= 0.6 is 0 Å². The Morgan fingerprint density at radius 3 is 1.83 bits per heavy atom. The maximum absolute atomic E-state index is 13.1. The molecule has 1 saturated carbocycles. The molecule has 0 bridgehead atoms. The Morgan fingerprint density at radius 2 is 1.31 bits per heavy atom. The second-order valence-corrected chi connectivity index (χ2v) is 10.5. The van der Waals surface area contributed by atoms with Gasteiger partial charge in [0.1, 0.15) is 5.82 Å². The first-order chi connectivity index (χ1) is 17.2. The molecule has 4 rings (SSSR count). The lowest BCUT2D eigenvalue weighted by Gasteiger charge is -2.19. The number of carbonyl (C=O) groups is 2. The molecular weight excluding hydrogens is 481 g/mol. The summed E-state index contributed by atoms with van der Waals surface area (Å²) in [7, 11) is -3.86. The largest absolute Gasteiger partial charge is 0.352 e. The van der Waals surface area contributed by atoms with E-state index in [0.717, 1.165) is 17.5 Å². The number of hydrogen-bond donors (Lipinski definition) is 3. The van der Waals surface area contributed by atoms with Crippen molar-refractivity contribution in [1.82, 2.24) is 10.6 Å². The number of hydrogen-bond acceptors (Lipinski definition) is 4. The second-order valence-electron chi connectivity index (χ2n) is 8.94. The summed E-state index contributed by atoms with van der Waals surface area (Å²) in [5, 5.41) is 11.1. The van der Waals surface area contributed by atoms with Crippen molar-refractivity contribution in [3.8, 4) is 11.1 Å². The van der Waals surface area contributed by atoms with Gasteiger partial charge in [0.15, 0.2) is 0 Å². The molecule has 0 unspecified atom stereocenters. The topological polar surface area (TPSA) is 118 Å². The van der Waals surface area contributed by atoms with Gasteiger partial charge in [-0.25, -0.2) is 17.9 Å². The maximum atomic E-state index is 13.1. The average molecular weight is 510 g/mol. The van der Waals surface area contributed by atoms with E-state index in [9.17, 15) is 22.4 Å². The summed E-state index contributed by atoms with van der Waals surface area (Å²) in [6.07, 6.45) is 2.08. The molecule has 36 heavy (non-hydrogen) atoms. The highest BCUT2D eigenvalue weighted by Gasteiger charge is 2.37. The molecule has 0 aliphatic heterocycles. The first kappa shape index (κ1) is 25.5. The predicted molar refractivity (Wildman–Crippen MR) is 134 cm³/mol. The lowest BCUT2D eigenvalue weighted by atomic mass is 9.94. The molecule has 9 heteroatoms. The monoisotopic (exact) mass is 509 g/mol. The Balaban J connectivity index is 1.34. The number of sulfonamides is 1. The minimum absolute atomic E-state index is 0.0519. The predicted octanol–water partition coefficient (Wildman–Crippen LogP) is 3.49. The first-order valence-corrected chi connectivity index (χ1v) is 13.3. The van der Waals surface area contributed by atoms with Crippen LogP contribution in [-0.2, 0) is 32.7 Å². The van der Waals surface area contributed by atoms with E-state index in [1.165, 1.54) is 18.2 Å². The molecule has 7 nitrogen and oxygen atoms in total. The summed E-state index contributed by atoms with van der Waals surface area (Å²) < 4.78 is 36.8. The van der Waals surface area contributed by atoms with Crippen LogP contribution < -0.4 is 15.8 Å². The van der Waals surface area contributed by atoms with Crippen LogP contribution in [0, 0.1) is 17.7 Å². The van der Waals surface area contributed by atoms with Gasteiger partial charge in [0, 0.05) is 30.5 Å². The van der Waals surface area contributed by atoms with Gasteiger partial charge in [-0.3, -0.25) is 9.59 Å². The van der Waals surface area contributed by atoms with Crippen molar-refractivity contribution in [3.63, 3.8) is 0 Å². The molecule has 1 aliphatic carbocycles. The molecule has 1 aliphatic rings. The third-order valence-corrected chi connectivity index (χ3v) is 7.46. The Kier molecular flexibility index (Phi) is 7.81. The molecule has 3 aromatic rings. The van der Waals surface area contributed by atoms with Crippen LogP contribution in [0.4, 0.5) is 4.39 Å². The molecule has 2 atom stereocenters. The number of nitrogens with one attached hydrogen (secondary N) is 2. The van der Waals surface area contributed by atoms with Crippen molar-refractivity contribution in [2.75, 3.05) is 0 Å². The number of carbonyl (C=O) groups excluding carboxylic acids is 2. The van der Waals surface area contributed by atoms with Gasteiger partial charge in [0.05, 0.1) is 4.90 Å². The first-order valence-electron chi connectivity index (χ1n) is 11.7. The van der Waals surface area contributed by atoms with Crippen LogP contribution in [0.2, 0.25) is 0 Å². The van der Waals surface area contributed by atoms with Gasteiger partial charge < -0.3 is 10.6 Å². The van der Waals surface area contributed by atoms with Gasteiger partial charge in [0.25, 0.3) is 0 Å². The van der Waals surface area contributed by atoms with E-state index < -0.39 is 21.9 Å². The van der Waals surface area contributed by atoms with Gasteiger partial charge in [-0.2, -0.15) is 0 Å². The molecule has 1 fully saturated rings. The number of amides is 2. The minimum Gasteiger partial charge on any atom is -0.352 e. The van der Waals surface area contributed by atoms with E-state index in [4.69, 9.17) is 5.14 Å². The molecule has 2 amide bonds. The quantitative estimate of drug-likeness (QED) is 0.431. The molecule has 0 heterocycles. The highest BCUT2D eigenvalue weighted by molar-refractivity contribution is 7.89. The molecule has 0 spiro atoms. The highest BCUT2D eigenvalue weighted by atomic mass is 32.2. The standard InChI is InChI=1S/C27H28FN3O4S/c28-21-14-10-19(11-15-21)17-31-27(33)24-6-3-5-23(24)26(32)30-16-18-8-12-20(13-9-18)22-4-1-2-7-25(22)36(29,34)35/h1-2,4,7-15,23-24H,3,5-6,16-17H2,(H,30,32)(H,31,33)(H2,29,34,35)/t23-,24-/m1/s1. The number of benzene rings is 3. The van der Waals surface area contributed by atoms with Crippen molar-refractivity contribution in [3.05, 3.63) is 89.7 Å². The Hall–Kier alpha value is -3.56. The molecule has 0 aromatic heterocycles. The normalized spacial score (nSPS) is 17.5. The van der Waals surface area contributed by atoms with Crippen molar-refractivity contribution >= 4 is 21.8 Å². The van der Waals surface area contributed by atoms with E-state index in [0.29, 0.717) is 24.0 Å². The molecule has 3 aromatic carbocycles. The summed E-state index contributed by atoms with van der Waals surface area (Å²) >= 11 is 0. The van der Waals surface area contributed by atoms with Crippen LogP contribution in [0.15, 0.2) is 77.7 Å². The highest BCUT2D eigenvalue weighted by Crippen LogP contribution is 2.32. The molecule has 4 N–H and O–H groups in total. The van der Waals surface area contributed by atoms with Gasteiger partial charge >= 0.3 is 0 Å². The van der Waals surface area contributed by atoms with E-state index in [1.807, 2.05) is 12.1 Å². The Bertz CT molecular complexity index is 1340. The summed E-state index contributed by atoms with van der Waals surface area (Å²) in [6, 6.07) is 19.6. The van der Waals surface area contributed by atoms with E-state index >= 15 is 0 Å². The fraction of sp³-hybridized carbons (Fsp3) is 0.259. The smallest absolute Gasteiger partial charge is 0.238 e. The second kappa shape index (κ2) is 11.0. The number of primary sulfonamides is 1. The van der Waals surface area contributed by atoms with Crippen molar-refractivity contribution < 1.29 is 22.4 Å². The lowest BCUT2D eigenvalue weighted by Crippen LogP contribution is -2.39. The fourth-order valence-electron chi connectivity index (χ4n) is 4.59. The summed E-state index contributed by atoms with van der Waals surface area (Å²) in [5.74, 6) is -1.48. The molecule has 0 saturated heterocycles. The SMILES string of the molecule is NS(=O)(=O)c1ccccc1-c1ccc(CNC(=O)[C@@H]2CCC[C@H]2C(=O)NCc2ccc(F)cc2)cc1. The van der Waals surface area contributed by atoms with Crippen LogP contribution in [0.25, 0.3) is 11.1 Å². The number of nitrogens with two attached hydrogens (primary N) is 1. The molecule has 188 valence electrons. The van der Waals surface area contributed by atoms with Gasteiger partial charge in [-0.05, 0) is 47.7 Å².